The first-order chi connectivity index (χ1) is 13.5. The Balaban J connectivity index is 1.60. The van der Waals surface area contributed by atoms with Crippen LogP contribution in [0.5, 0.6) is 11.5 Å². The predicted octanol–water partition coefficient (Wildman–Crippen LogP) is 2.74. The molecule has 0 atom stereocenters. The molecule has 150 valence electrons. The summed E-state index contributed by atoms with van der Waals surface area (Å²) in [4.78, 5) is 30.3. The van der Waals surface area contributed by atoms with E-state index in [0.29, 0.717) is 40.6 Å². The molecule has 0 spiro atoms. The van der Waals surface area contributed by atoms with E-state index in [0.717, 1.165) is 25.9 Å². The summed E-state index contributed by atoms with van der Waals surface area (Å²) in [7, 11) is 0. The number of hydrogen-bond donors (Lipinski definition) is 2. The van der Waals surface area contributed by atoms with Crippen LogP contribution in [-0.2, 0) is 9.53 Å². The van der Waals surface area contributed by atoms with E-state index in [1.165, 1.54) is 0 Å². The number of carbonyl (C=O) groups is 2. The van der Waals surface area contributed by atoms with E-state index < -0.39 is 5.97 Å². The number of nitrogens with zero attached hydrogens (tertiary/aromatic N) is 1. The Hall–Kier alpha value is -2.74. The molecule has 2 aliphatic heterocycles. The lowest BCUT2D eigenvalue weighted by molar-refractivity contribution is -0.117. The van der Waals surface area contributed by atoms with Crippen LogP contribution in [0.1, 0.15) is 37.2 Å². The first-order valence-corrected chi connectivity index (χ1v) is 9.69. The largest absolute Gasteiger partial charge is 0.461 e. The molecule has 1 saturated heterocycles. The maximum absolute atomic E-state index is 12.7. The van der Waals surface area contributed by atoms with Crippen LogP contribution < -0.4 is 14.8 Å². The Morgan fingerprint density at radius 3 is 2.68 bits per heavy atom. The van der Waals surface area contributed by atoms with Gasteiger partial charge in [-0.05, 0) is 44.8 Å². The number of hydrogen-bond acceptors (Lipinski definition) is 6. The summed E-state index contributed by atoms with van der Waals surface area (Å²) in [5.41, 5.74) is 1.32. The number of aromatic nitrogens is 1. The number of anilines is 1. The minimum Gasteiger partial charge on any atom is -0.461 e. The van der Waals surface area contributed by atoms with Crippen LogP contribution >= 0.6 is 0 Å². The molecule has 1 aromatic carbocycles. The molecule has 1 aromatic heterocycles. The molecule has 4 rings (SSSR count). The van der Waals surface area contributed by atoms with Gasteiger partial charge in [-0.3, -0.25) is 9.69 Å². The normalized spacial score (nSPS) is 17.1. The summed E-state index contributed by atoms with van der Waals surface area (Å²) in [6.07, 6.45) is 2.19. The van der Waals surface area contributed by atoms with Crippen molar-refractivity contribution < 1.29 is 23.8 Å². The van der Waals surface area contributed by atoms with Gasteiger partial charge in [0.1, 0.15) is 5.69 Å². The Bertz CT molecular complexity index is 899. The number of esters is 1. The quantitative estimate of drug-likeness (QED) is 0.767. The zero-order chi connectivity index (χ0) is 19.7. The number of H-pyrrole nitrogens is 1. The molecule has 3 heterocycles. The summed E-state index contributed by atoms with van der Waals surface area (Å²) in [6.45, 7) is 6.49. The van der Waals surface area contributed by atoms with Crippen molar-refractivity contribution in [1.29, 1.82) is 0 Å². The van der Waals surface area contributed by atoms with Gasteiger partial charge in [0.2, 0.25) is 12.7 Å². The van der Waals surface area contributed by atoms with Gasteiger partial charge in [-0.25, -0.2) is 4.79 Å². The smallest absolute Gasteiger partial charge is 0.356 e. The third-order valence-electron chi connectivity index (χ3n) is 5.28. The molecule has 0 unspecified atom stereocenters. The number of carbonyl (C=O) groups excluding carboxylic acids is 2. The van der Waals surface area contributed by atoms with E-state index in [1.807, 2.05) is 0 Å². The topological polar surface area (TPSA) is 92.9 Å². The highest BCUT2D eigenvalue weighted by atomic mass is 16.7. The van der Waals surface area contributed by atoms with Crippen LogP contribution in [0.25, 0.3) is 10.9 Å². The van der Waals surface area contributed by atoms with Crippen molar-refractivity contribution >= 4 is 28.5 Å². The lowest BCUT2D eigenvalue weighted by Gasteiger charge is -2.29. The van der Waals surface area contributed by atoms with Crippen LogP contribution in [0.4, 0.5) is 5.69 Å². The highest BCUT2D eigenvalue weighted by Gasteiger charge is 2.25. The van der Waals surface area contributed by atoms with Crippen LogP contribution in [0.2, 0.25) is 0 Å². The number of nitrogens with one attached hydrogen (secondary N) is 2. The van der Waals surface area contributed by atoms with Gasteiger partial charge in [0, 0.05) is 11.5 Å². The monoisotopic (exact) mass is 387 g/mol. The standard InChI is InChI=1S/C20H25N3O5/c1-3-26-20(25)19-18(22-17(24)10-23-6-4-12(2)5-7-23)13-8-15-16(28-11-27-15)9-14(13)21-19/h8-9,12,21H,3-7,10-11H2,1-2H3,(H,22,24). The van der Waals surface area contributed by atoms with E-state index >= 15 is 0 Å². The maximum Gasteiger partial charge on any atom is 0.356 e. The van der Waals surface area contributed by atoms with Crippen molar-refractivity contribution in [2.75, 3.05) is 38.4 Å². The van der Waals surface area contributed by atoms with E-state index in [1.54, 1.807) is 19.1 Å². The van der Waals surface area contributed by atoms with Crippen molar-refractivity contribution in [1.82, 2.24) is 9.88 Å². The van der Waals surface area contributed by atoms with Crippen molar-refractivity contribution in [2.24, 2.45) is 5.92 Å². The Labute approximate surface area is 163 Å². The number of aromatic amines is 1. The Morgan fingerprint density at radius 1 is 1.25 bits per heavy atom. The molecule has 0 aliphatic carbocycles. The molecule has 1 fully saturated rings. The molecular formula is C20H25N3O5. The second-order valence-electron chi connectivity index (χ2n) is 7.35. The zero-order valence-corrected chi connectivity index (χ0v) is 16.2. The van der Waals surface area contributed by atoms with E-state index in [-0.39, 0.29) is 25.0 Å². The first kappa shape index (κ1) is 18.6. The zero-order valence-electron chi connectivity index (χ0n) is 16.2. The maximum atomic E-state index is 12.7. The molecule has 2 aromatic rings. The summed E-state index contributed by atoms with van der Waals surface area (Å²) in [5.74, 6) is 1.22. The third-order valence-corrected chi connectivity index (χ3v) is 5.28. The molecule has 8 heteroatoms. The summed E-state index contributed by atoms with van der Waals surface area (Å²) in [5, 5.41) is 3.60. The van der Waals surface area contributed by atoms with Gasteiger partial charge in [-0.2, -0.15) is 0 Å². The molecule has 2 N–H and O–H groups in total. The summed E-state index contributed by atoms with van der Waals surface area (Å²) >= 11 is 0. The molecule has 28 heavy (non-hydrogen) atoms. The number of ether oxygens (including phenoxy) is 3. The van der Waals surface area contributed by atoms with E-state index in [9.17, 15) is 9.59 Å². The molecule has 0 radical (unpaired) electrons. The van der Waals surface area contributed by atoms with Gasteiger partial charge in [-0.15, -0.1) is 0 Å². The van der Waals surface area contributed by atoms with Crippen molar-refractivity contribution in [3.8, 4) is 11.5 Å². The molecular weight excluding hydrogens is 362 g/mol. The second-order valence-corrected chi connectivity index (χ2v) is 7.35. The van der Waals surface area contributed by atoms with Crippen molar-refractivity contribution in [3.63, 3.8) is 0 Å². The third kappa shape index (κ3) is 3.64. The lowest BCUT2D eigenvalue weighted by atomic mass is 9.99. The number of fused-ring (bicyclic) bond motifs is 2. The van der Waals surface area contributed by atoms with E-state index in [4.69, 9.17) is 14.2 Å². The van der Waals surface area contributed by atoms with Crippen LogP contribution in [0, 0.1) is 5.92 Å². The van der Waals surface area contributed by atoms with Crippen molar-refractivity contribution in [2.45, 2.75) is 26.7 Å². The summed E-state index contributed by atoms with van der Waals surface area (Å²) < 4.78 is 16.0. The highest BCUT2D eigenvalue weighted by molar-refractivity contribution is 6.11. The fourth-order valence-electron chi connectivity index (χ4n) is 3.67. The van der Waals surface area contributed by atoms with Gasteiger partial charge in [0.05, 0.1) is 24.4 Å². The SMILES string of the molecule is CCOC(=O)c1[nH]c2cc3c(cc2c1NC(=O)CN1CCC(C)CC1)OCO3. The average molecular weight is 387 g/mol. The average Bonchev–Trinajstić information content (AvgIpc) is 3.26. The molecule has 0 saturated carbocycles. The van der Waals surface area contributed by atoms with E-state index in [2.05, 4.69) is 22.1 Å². The summed E-state index contributed by atoms with van der Waals surface area (Å²) in [6, 6.07) is 3.54. The lowest BCUT2D eigenvalue weighted by Crippen LogP contribution is -2.38. The van der Waals surface area contributed by atoms with Gasteiger partial charge in [-0.1, -0.05) is 6.92 Å². The highest BCUT2D eigenvalue weighted by Crippen LogP contribution is 2.40. The van der Waals surface area contributed by atoms with Gasteiger partial charge < -0.3 is 24.5 Å². The number of piperidine rings is 1. The van der Waals surface area contributed by atoms with Crippen LogP contribution in [0.15, 0.2) is 12.1 Å². The number of likely N-dealkylation sites (tertiary alicyclic amines) is 1. The van der Waals surface area contributed by atoms with Gasteiger partial charge >= 0.3 is 5.97 Å². The number of benzene rings is 1. The van der Waals surface area contributed by atoms with Gasteiger partial charge in [0.15, 0.2) is 11.5 Å². The predicted molar refractivity (Wildman–Crippen MR) is 104 cm³/mol. The Morgan fingerprint density at radius 2 is 1.96 bits per heavy atom. The molecule has 0 bridgehead atoms. The van der Waals surface area contributed by atoms with Crippen LogP contribution in [0.3, 0.4) is 0 Å². The second kappa shape index (κ2) is 7.71. The molecule has 8 nitrogen and oxygen atoms in total. The Kier molecular flexibility index (Phi) is 5.13. The fourth-order valence-corrected chi connectivity index (χ4v) is 3.67. The first-order valence-electron chi connectivity index (χ1n) is 9.69. The van der Waals surface area contributed by atoms with Crippen molar-refractivity contribution in [3.05, 3.63) is 17.8 Å². The fraction of sp³-hybridized carbons (Fsp3) is 0.500. The minimum atomic E-state index is -0.511. The molecule has 1 amide bonds. The number of rotatable bonds is 5. The minimum absolute atomic E-state index is 0.154. The number of amides is 1. The van der Waals surface area contributed by atoms with Gasteiger partial charge in [0.25, 0.3) is 0 Å². The molecule has 2 aliphatic rings. The van der Waals surface area contributed by atoms with Crippen LogP contribution in [-0.4, -0.2) is 54.8 Å².